The van der Waals surface area contributed by atoms with Crippen LogP contribution in [0.4, 0.5) is 4.39 Å². The summed E-state index contributed by atoms with van der Waals surface area (Å²) in [4.78, 5) is 25.6. The van der Waals surface area contributed by atoms with Crippen LogP contribution in [0.3, 0.4) is 0 Å². The van der Waals surface area contributed by atoms with Crippen LogP contribution < -0.4 is 14.8 Å². The molecular weight excluding hydrogens is 373 g/mol. The van der Waals surface area contributed by atoms with Gasteiger partial charge in [0.15, 0.2) is 17.3 Å². The monoisotopic (exact) mass is 391 g/mol. The molecule has 1 heterocycles. The first-order valence-corrected chi connectivity index (χ1v) is 9.18. The number of halogens is 1. The van der Waals surface area contributed by atoms with E-state index in [0.717, 1.165) is 5.56 Å². The Morgan fingerprint density at radius 2 is 1.59 bits per heavy atom. The summed E-state index contributed by atoms with van der Waals surface area (Å²) < 4.78 is 24.4. The molecule has 0 radical (unpaired) electrons. The number of para-hydroxylation sites is 1. The van der Waals surface area contributed by atoms with E-state index in [0.29, 0.717) is 30.3 Å². The molecule has 1 N–H and O–H groups in total. The van der Waals surface area contributed by atoms with Crippen LogP contribution in [0.5, 0.6) is 11.5 Å². The van der Waals surface area contributed by atoms with Gasteiger partial charge in [-0.05, 0) is 36.4 Å². The Morgan fingerprint density at radius 3 is 2.38 bits per heavy atom. The summed E-state index contributed by atoms with van der Waals surface area (Å²) in [6.45, 7) is 1.17. The topological polar surface area (TPSA) is 64.6 Å². The Labute approximate surface area is 167 Å². The van der Waals surface area contributed by atoms with Crippen molar-refractivity contribution in [3.63, 3.8) is 0 Å². The number of fused-ring (bicyclic) bond motifs is 1. The summed E-state index contributed by atoms with van der Waals surface area (Å²) in [6, 6.07) is 17.3. The van der Waals surface area contributed by atoms with Crippen molar-refractivity contribution in [3.8, 4) is 11.5 Å². The number of rotatable bonds is 5. The molecule has 3 aromatic carbocycles. The fourth-order valence-corrected chi connectivity index (χ4v) is 3.18. The number of amides is 1. The fraction of sp³-hybridized carbons (Fsp3) is 0.130. The second-order valence-electron chi connectivity index (χ2n) is 6.51. The second-order valence-corrected chi connectivity index (χ2v) is 6.51. The molecule has 1 aliphatic rings. The van der Waals surface area contributed by atoms with Crippen LogP contribution in [0.15, 0.2) is 66.7 Å². The van der Waals surface area contributed by atoms with Crippen molar-refractivity contribution in [3.05, 3.63) is 94.8 Å². The van der Waals surface area contributed by atoms with E-state index in [1.165, 1.54) is 24.3 Å². The van der Waals surface area contributed by atoms with E-state index in [9.17, 15) is 14.0 Å². The summed E-state index contributed by atoms with van der Waals surface area (Å²) in [7, 11) is 0. The lowest BCUT2D eigenvalue weighted by molar-refractivity contribution is 0.0938. The maximum Gasteiger partial charge on any atom is 0.252 e. The molecule has 29 heavy (non-hydrogen) atoms. The number of hydrogen-bond acceptors (Lipinski definition) is 4. The number of benzene rings is 3. The lowest BCUT2D eigenvalue weighted by Gasteiger charge is -2.21. The fourth-order valence-electron chi connectivity index (χ4n) is 3.18. The van der Waals surface area contributed by atoms with Crippen molar-refractivity contribution in [1.82, 2.24) is 5.32 Å². The predicted molar refractivity (Wildman–Crippen MR) is 105 cm³/mol. The van der Waals surface area contributed by atoms with Gasteiger partial charge in [-0.15, -0.1) is 0 Å². The highest BCUT2D eigenvalue weighted by Gasteiger charge is 2.20. The molecule has 0 unspecified atom stereocenters. The Bertz CT molecular complexity index is 1060. The highest BCUT2D eigenvalue weighted by molar-refractivity contribution is 6.15. The van der Waals surface area contributed by atoms with Crippen LogP contribution in [0, 0.1) is 5.82 Å². The van der Waals surface area contributed by atoms with E-state index in [-0.39, 0.29) is 29.4 Å². The summed E-state index contributed by atoms with van der Waals surface area (Å²) in [6.07, 6.45) is 0. The normalized spacial score (nSPS) is 12.3. The molecule has 3 aromatic rings. The van der Waals surface area contributed by atoms with E-state index < -0.39 is 5.82 Å². The zero-order chi connectivity index (χ0) is 20.2. The lowest BCUT2D eigenvalue weighted by atomic mass is 9.98. The highest BCUT2D eigenvalue weighted by atomic mass is 19.1. The number of ether oxygens (including phenoxy) is 2. The van der Waals surface area contributed by atoms with Gasteiger partial charge in [-0.25, -0.2) is 4.39 Å². The first-order valence-electron chi connectivity index (χ1n) is 9.18. The lowest BCUT2D eigenvalue weighted by Crippen LogP contribution is -2.26. The molecule has 146 valence electrons. The zero-order valence-electron chi connectivity index (χ0n) is 15.5. The molecule has 0 aliphatic carbocycles. The Morgan fingerprint density at radius 1 is 0.862 bits per heavy atom. The van der Waals surface area contributed by atoms with Crippen molar-refractivity contribution >= 4 is 11.7 Å². The molecule has 0 fully saturated rings. The van der Waals surface area contributed by atoms with Gasteiger partial charge in [-0.1, -0.05) is 30.3 Å². The Kier molecular flexibility index (Phi) is 5.24. The average Bonchev–Trinajstić information content (AvgIpc) is 2.77. The number of ketones is 1. The Balaban J connectivity index is 1.54. The largest absolute Gasteiger partial charge is 0.486 e. The van der Waals surface area contributed by atoms with Crippen molar-refractivity contribution in [2.45, 2.75) is 6.54 Å². The van der Waals surface area contributed by atoms with Crippen LogP contribution in [-0.4, -0.2) is 24.9 Å². The van der Waals surface area contributed by atoms with Crippen LogP contribution in [0.2, 0.25) is 0 Å². The van der Waals surface area contributed by atoms with E-state index in [1.807, 2.05) is 18.2 Å². The van der Waals surface area contributed by atoms with Crippen molar-refractivity contribution < 1.29 is 23.5 Å². The molecule has 0 saturated heterocycles. The molecule has 1 amide bonds. The molecule has 6 heteroatoms. The van der Waals surface area contributed by atoms with Crippen LogP contribution in [0.1, 0.15) is 31.8 Å². The van der Waals surface area contributed by atoms with Gasteiger partial charge in [-0.3, -0.25) is 9.59 Å². The summed E-state index contributed by atoms with van der Waals surface area (Å²) in [5.41, 5.74) is 1.61. The van der Waals surface area contributed by atoms with E-state index in [1.54, 1.807) is 24.3 Å². The smallest absolute Gasteiger partial charge is 0.252 e. The Hall–Kier alpha value is -3.67. The minimum atomic E-state index is -0.426. The van der Waals surface area contributed by atoms with Gasteiger partial charge in [-0.2, -0.15) is 0 Å². The number of hydrogen-bond donors (Lipinski definition) is 1. The van der Waals surface area contributed by atoms with E-state index in [4.69, 9.17) is 9.47 Å². The molecule has 5 nitrogen and oxygen atoms in total. The van der Waals surface area contributed by atoms with Crippen LogP contribution >= 0.6 is 0 Å². The minimum absolute atomic E-state index is 0.227. The van der Waals surface area contributed by atoms with E-state index in [2.05, 4.69) is 5.32 Å². The van der Waals surface area contributed by atoms with Gasteiger partial charge in [0.2, 0.25) is 0 Å². The summed E-state index contributed by atoms with van der Waals surface area (Å²) in [5, 5.41) is 2.83. The second kappa shape index (κ2) is 8.14. The van der Waals surface area contributed by atoms with Gasteiger partial charge >= 0.3 is 0 Å². The van der Waals surface area contributed by atoms with Gasteiger partial charge in [0.25, 0.3) is 5.91 Å². The van der Waals surface area contributed by atoms with Gasteiger partial charge in [0, 0.05) is 23.2 Å². The first-order chi connectivity index (χ1) is 14.1. The third-order valence-electron chi connectivity index (χ3n) is 4.61. The van der Waals surface area contributed by atoms with Gasteiger partial charge < -0.3 is 14.8 Å². The minimum Gasteiger partial charge on any atom is -0.486 e. The summed E-state index contributed by atoms with van der Waals surface area (Å²) >= 11 is 0. The molecular formula is C23H18FNO4. The van der Waals surface area contributed by atoms with Gasteiger partial charge in [0.1, 0.15) is 19.0 Å². The first kappa shape index (κ1) is 18.7. The third-order valence-corrected chi connectivity index (χ3v) is 4.61. The van der Waals surface area contributed by atoms with Crippen molar-refractivity contribution in [2.75, 3.05) is 13.2 Å². The zero-order valence-corrected chi connectivity index (χ0v) is 15.5. The number of nitrogens with one attached hydrogen (secondary N) is 1. The predicted octanol–water partition coefficient (Wildman–Crippen LogP) is 3.76. The molecule has 0 saturated carbocycles. The molecule has 0 bridgehead atoms. The number of carbonyl (C=O) groups excluding carboxylic acids is 2. The highest BCUT2D eigenvalue weighted by Crippen LogP contribution is 2.33. The molecule has 1 aliphatic heterocycles. The van der Waals surface area contributed by atoms with Crippen molar-refractivity contribution in [2.24, 2.45) is 0 Å². The molecule has 4 rings (SSSR count). The third kappa shape index (κ3) is 3.96. The van der Waals surface area contributed by atoms with Crippen LogP contribution in [0.25, 0.3) is 0 Å². The maximum atomic E-state index is 13.1. The standard InChI is InChI=1S/C23H18FNO4/c24-17-10-8-15(9-11-17)21(26)18-5-1-2-6-19(18)23(27)25-14-16-4-3-7-20-22(16)29-13-12-28-20/h1-11H,12-14H2,(H,25,27). The van der Waals surface area contributed by atoms with Crippen molar-refractivity contribution in [1.29, 1.82) is 0 Å². The molecule has 0 atom stereocenters. The van der Waals surface area contributed by atoms with E-state index >= 15 is 0 Å². The SMILES string of the molecule is O=C(NCc1cccc2c1OCCO2)c1ccccc1C(=O)c1ccc(F)cc1. The number of carbonyl (C=O) groups is 2. The maximum absolute atomic E-state index is 13.1. The van der Waals surface area contributed by atoms with Gasteiger partial charge in [0.05, 0.1) is 5.56 Å². The molecule has 0 spiro atoms. The summed E-state index contributed by atoms with van der Waals surface area (Å²) in [5.74, 6) is 0.115. The average molecular weight is 391 g/mol. The van der Waals surface area contributed by atoms with Crippen LogP contribution in [-0.2, 0) is 6.54 Å². The molecule has 0 aromatic heterocycles. The quantitative estimate of drug-likeness (QED) is 0.673.